The van der Waals surface area contributed by atoms with Crippen LogP contribution in [0.5, 0.6) is 5.75 Å². The highest BCUT2D eigenvalue weighted by Gasteiger charge is 2.28. The third-order valence-electron chi connectivity index (χ3n) is 5.93. The smallest absolute Gasteiger partial charge is 0.265 e. The van der Waals surface area contributed by atoms with Gasteiger partial charge in [-0.15, -0.1) is 0 Å². The van der Waals surface area contributed by atoms with Gasteiger partial charge in [0, 0.05) is 24.2 Å². The summed E-state index contributed by atoms with van der Waals surface area (Å²) in [7, 11) is -2.94. The molecule has 0 saturated carbocycles. The molecular weight excluding hydrogens is 491 g/mol. The number of hydrogen-bond acceptors (Lipinski definition) is 4. The lowest BCUT2D eigenvalue weighted by Crippen LogP contribution is -2.42. The fourth-order valence-electron chi connectivity index (χ4n) is 4.02. The first kappa shape index (κ1) is 25.0. The Hall–Kier alpha value is -3.10. The van der Waals surface area contributed by atoms with Gasteiger partial charge in [-0.25, -0.2) is 12.8 Å². The molecule has 3 aromatic carbocycles. The number of nitrogens with zero attached hydrogens (tertiary/aromatic N) is 1. The molecule has 0 bridgehead atoms. The maximum Gasteiger partial charge on any atom is 0.265 e. The first-order valence-electron chi connectivity index (χ1n) is 11.3. The summed E-state index contributed by atoms with van der Waals surface area (Å²) in [5.41, 5.74) is 1.83. The number of carbonyl (C=O) groups is 1. The summed E-state index contributed by atoms with van der Waals surface area (Å²) in [6.45, 7) is 3.15. The molecular formula is C26H26ClFN2O4S. The zero-order valence-corrected chi connectivity index (χ0v) is 21.0. The van der Waals surface area contributed by atoms with Gasteiger partial charge in [-0.05, 0) is 48.2 Å². The summed E-state index contributed by atoms with van der Waals surface area (Å²) < 4.78 is 50.0. The molecule has 1 aliphatic rings. The molecule has 1 N–H and O–H groups in total. The molecule has 1 heterocycles. The van der Waals surface area contributed by atoms with Crippen molar-refractivity contribution < 1.29 is 22.3 Å². The quantitative estimate of drug-likeness (QED) is 0.413. The molecule has 6 nitrogen and oxygen atoms in total. The Morgan fingerprint density at radius 1 is 1.14 bits per heavy atom. The lowest BCUT2D eigenvalue weighted by molar-refractivity contribution is 0.0651. The van der Waals surface area contributed by atoms with Crippen LogP contribution in [0.2, 0.25) is 5.02 Å². The second kappa shape index (κ2) is 10.3. The van der Waals surface area contributed by atoms with Crippen molar-refractivity contribution >= 4 is 33.2 Å². The van der Waals surface area contributed by atoms with Gasteiger partial charge in [-0.3, -0.25) is 9.52 Å². The van der Waals surface area contributed by atoms with Crippen LogP contribution in [0.4, 0.5) is 10.1 Å². The van der Waals surface area contributed by atoms with Crippen LogP contribution < -0.4 is 9.46 Å². The Balaban J connectivity index is 1.79. The Labute approximate surface area is 209 Å². The van der Waals surface area contributed by atoms with Gasteiger partial charge in [0.15, 0.2) is 5.75 Å². The number of sulfonamides is 1. The molecule has 0 atom stereocenters. The normalized spacial score (nSPS) is 13.3. The van der Waals surface area contributed by atoms with E-state index in [9.17, 15) is 17.6 Å². The van der Waals surface area contributed by atoms with Gasteiger partial charge in [0.1, 0.15) is 10.7 Å². The molecule has 0 aromatic heterocycles. The lowest BCUT2D eigenvalue weighted by Gasteiger charge is -2.31. The van der Waals surface area contributed by atoms with E-state index < -0.39 is 15.8 Å². The number of hydrogen-bond donors (Lipinski definition) is 1. The minimum absolute atomic E-state index is 0.0112. The number of carbonyl (C=O) groups excluding carboxylic acids is 1. The third-order valence-corrected chi connectivity index (χ3v) is 7.59. The van der Waals surface area contributed by atoms with E-state index in [0.29, 0.717) is 37.1 Å². The summed E-state index contributed by atoms with van der Waals surface area (Å²) in [4.78, 5) is 14.1. The van der Waals surface area contributed by atoms with E-state index >= 15 is 0 Å². The number of halogens is 2. The number of ether oxygens (including phenoxy) is 1. The molecule has 0 radical (unpaired) electrons. The molecule has 0 spiro atoms. The van der Waals surface area contributed by atoms with Gasteiger partial charge >= 0.3 is 0 Å². The number of amides is 1. The highest BCUT2D eigenvalue weighted by Crippen LogP contribution is 2.37. The Morgan fingerprint density at radius 2 is 1.86 bits per heavy atom. The van der Waals surface area contributed by atoms with Gasteiger partial charge in [-0.2, -0.15) is 0 Å². The van der Waals surface area contributed by atoms with E-state index in [2.05, 4.69) is 4.72 Å². The van der Waals surface area contributed by atoms with E-state index in [1.807, 2.05) is 13.0 Å². The number of aryl methyl sites for hydroxylation is 1. The average molecular weight is 517 g/mol. The molecule has 0 unspecified atom stereocenters. The molecule has 184 valence electrons. The number of methoxy groups -OCH3 is 1. The van der Waals surface area contributed by atoms with Crippen molar-refractivity contribution in [2.45, 2.75) is 31.1 Å². The second-order valence-corrected chi connectivity index (χ2v) is 10.4. The van der Waals surface area contributed by atoms with Gasteiger partial charge in [0.05, 0.1) is 17.8 Å². The van der Waals surface area contributed by atoms with E-state index in [4.69, 9.17) is 16.3 Å². The average Bonchev–Trinajstić information content (AvgIpc) is 2.79. The van der Waals surface area contributed by atoms with Gasteiger partial charge in [0.25, 0.3) is 15.9 Å². The van der Waals surface area contributed by atoms with Crippen molar-refractivity contribution in [3.05, 3.63) is 76.6 Å². The van der Waals surface area contributed by atoms with Gasteiger partial charge in [-0.1, -0.05) is 55.3 Å². The topological polar surface area (TPSA) is 75.7 Å². The van der Waals surface area contributed by atoms with E-state index in [-0.39, 0.29) is 38.4 Å². The van der Waals surface area contributed by atoms with Crippen molar-refractivity contribution in [3.63, 3.8) is 0 Å². The minimum atomic E-state index is -4.25. The van der Waals surface area contributed by atoms with Crippen LogP contribution in [0.3, 0.4) is 0 Å². The molecule has 35 heavy (non-hydrogen) atoms. The summed E-state index contributed by atoms with van der Waals surface area (Å²) in [5.74, 6) is -0.802. The van der Waals surface area contributed by atoms with Crippen LogP contribution in [0.1, 0.15) is 35.7 Å². The number of anilines is 1. The second-order valence-electron chi connectivity index (χ2n) is 8.35. The Morgan fingerprint density at radius 3 is 2.46 bits per heavy atom. The van der Waals surface area contributed by atoms with Crippen LogP contribution in [0.15, 0.2) is 59.5 Å². The largest absolute Gasteiger partial charge is 0.494 e. The molecule has 9 heteroatoms. The third kappa shape index (κ3) is 5.13. The van der Waals surface area contributed by atoms with Crippen molar-refractivity contribution in [2.75, 3.05) is 24.9 Å². The fraction of sp³-hybridized carbons (Fsp3) is 0.269. The minimum Gasteiger partial charge on any atom is -0.494 e. The Bertz CT molecular complexity index is 1360. The summed E-state index contributed by atoms with van der Waals surface area (Å²) >= 11 is 6.32. The molecule has 3 aromatic rings. The van der Waals surface area contributed by atoms with Gasteiger partial charge in [0.2, 0.25) is 0 Å². The number of rotatable bonds is 8. The highest BCUT2D eigenvalue weighted by atomic mass is 35.5. The Kier molecular flexibility index (Phi) is 7.33. The predicted molar refractivity (Wildman–Crippen MR) is 135 cm³/mol. The van der Waals surface area contributed by atoms with Crippen LogP contribution in [0, 0.1) is 5.82 Å². The van der Waals surface area contributed by atoms with Crippen LogP contribution in [-0.4, -0.2) is 39.4 Å². The fourth-order valence-corrected chi connectivity index (χ4v) is 5.68. The summed E-state index contributed by atoms with van der Waals surface area (Å²) in [6, 6.07) is 14.4. The van der Waals surface area contributed by atoms with Gasteiger partial charge < -0.3 is 9.64 Å². The van der Waals surface area contributed by atoms with E-state index in [0.717, 1.165) is 6.42 Å². The molecule has 1 fully saturated rings. The monoisotopic (exact) mass is 516 g/mol. The zero-order chi connectivity index (χ0) is 25.2. The van der Waals surface area contributed by atoms with E-state index in [1.54, 1.807) is 29.2 Å². The van der Waals surface area contributed by atoms with Crippen molar-refractivity contribution in [1.82, 2.24) is 4.90 Å². The maximum absolute atomic E-state index is 15.0. The zero-order valence-electron chi connectivity index (χ0n) is 19.5. The van der Waals surface area contributed by atoms with E-state index in [1.165, 1.54) is 31.4 Å². The number of likely N-dealkylation sites (tertiary alicyclic amines) is 1. The van der Waals surface area contributed by atoms with Crippen molar-refractivity contribution in [2.24, 2.45) is 0 Å². The molecule has 1 amide bonds. The SMILES string of the molecule is CCCc1cc(F)c(-c2ccccc2)cc1NS(=O)(=O)c1cc(C(=O)N2CCC2)cc(Cl)c1OC. The standard InChI is InChI=1S/C26H26ClFN2O4S/c1-3-8-18-14-22(28)20(17-9-5-4-6-10-17)16-23(18)29-35(32,33)24-15-19(13-21(27)25(24)34-2)26(31)30-11-7-12-30/h4-6,9-10,13-16,29H,3,7-8,11-12H2,1-2H3. The van der Waals surface area contributed by atoms with Crippen LogP contribution in [-0.2, 0) is 16.4 Å². The van der Waals surface area contributed by atoms with Crippen molar-refractivity contribution in [1.29, 1.82) is 0 Å². The highest BCUT2D eigenvalue weighted by molar-refractivity contribution is 7.92. The molecule has 1 saturated heterocycles. The van der Waals surface area contributed by atoms with Crippen LogP contribution >= 0.6 is 11.6 Å². The molecule has 1 aliphatic heterocycles. The predicted octanol–water partition coefficient (Wildman–Crippen LogP) is 5.75. The number of benzene rings is 3. The first-order valence-corrected chi connectivity index (χ1v) is 13.2. The lowest BCUT2D eigenvalue weighted by atomic mass is 10.00. The molecule has 0 aliphatic carbocycles. The molecule has 4 rings (SSSR count). The summed E-state index contributed by atoms with van der Waals surface area (Å²) in [6.07, 6.45) is 2.06. The van der Waals surface area contributed by atoms with Crippen molar-refractivity contribution in [3.8, 4) is 16.9 Å². The summed E-state index contributed by atoms with van der Waals surface area (Å²) in [5, 5.41) is 0.0112. The van der Waals surface area contributed by atoms with Crippen LogP contribution in [0.25, 0.3) is 11.1 Å². The maximum atomic E-state index is 15.0. The first-order chi connectivity index (χ1) is 16.7. The number of nitrogens with one attached hydrogen (secondary N) is 1.